The highest BCUT2D eigenvalue weighted by Crippen LogP contribution is 2.25. The van der Waals surface area contributed by atoms with Crippen molar-refractivity contribution in [3.8, 4) is 0 Å². The third-order valence-corrected chi connectivity index (χ3v) is 3.15. The zero-order chi connectivity index (χ0) is 14.0. The summed E-state index contributed by atoms with van der Waals surface area (Å²) in [7, 11) is 0. The number of hydrogen-bond donors (Lipinski definition) is 2. The number of hydrogen-bond acceptors (Lipinski definition) is 3. The van der Waals surface area contributed by atoms with Crippen molar-refractivity contribution in [2.24, 2.45) is 0 Å². The lowest BCUT2D eigenvalue weighted by atomic mass is 10.2. The summed E-state index contributed by atoms with van der Waals surface area (Å²) in [5.41, 5.74) is 7.29. The average molecular weight is 296 g/mol. The maximum atomic E-state index is 12.0. The van der Waals surface area contributed by atoms with Gasteiger partial charge in [0.1, 0.15) is 5.82 Å². The Morgan fingerprint density at radius 1 is 1.21 bits per heavy atom. The first kappa shape index (κ1) is 13.6. The molecule has 0 radical (unpaired) electrons. The average Bonchev–Trinajstić information content (AvgIpc) is 2.32. The molecule has 2 rings (SSSR count). The van der Waals surface area contributed by atoms with Crippen LogP contribution in [0.1, 0.15) is 16.1 Å². The van der Waals surface area contributed by atoms with Crippen LogP contribution in [0.25, 0.3) is 0 Å². The zero-order valence-electron chi connectivity index (χ0n) is 10.1. The van der Waals surface area contributed by atoms with Crippen molar-refractivity contribution in [1.82, 2.24) is 4.98 Å². The van der Waals surface area contributed by atoms with Gasteiger partial charge in [0.15, 0.2) is 0 Å². The summed E-state index contributed by atoms with van der Waals surface area (Å²) in [5.74, 6) is 0.0230. The van der Waals surface area contributed by atoms with E-state index in [-0.39, 0.29) is 5.91 Å². The van der Waals surface area contributed by atoms with Gasteiger partial charge in [-0.1, -0.05) is 23.2 Å². The fourth-order valence-electron chi connectivity index (χ4n) is 1.60. The molecule has 1 aromatic heterocycles. The lowest BCUT2D eigenvalue weighted by Crippen LogP contribution is -2.13. The van der Waals surface area contributed by atoms with E-state index in [2.05, 4.69) is 10.3 Å². The number of nitrogen functional groups attached to an aromatic ring is 1. The van der Waals surface area contributed by atoms with E-state index in [4.69, 9.17) is 28.9 Å². The minimum Gasteiger partial charge on any atom is -0.384 e. The molecule has 19 heavy (non-hydrogen) atoms. The number of anilines is 2. The lowest BCUT2D eigenvalue weighted by Gasteiger charge is -2.07. The van der Waals surface area contributed by atoms with E-state index in [1.165, 1.54) is 6.07 Å². The van der Waals surface area contributed by atoms with Gasteiger partial charge in [0.2, 0.25) is 0 Å². The highest BCUT2D eigenvalue weighted by atomic mass is 35.5. The van der Waals surface area contributed by atoms with Crippen LogP contribution in [0, 0.1) is 6.92 Å². The maximum absolute atomic E-state index is 12.0. The molecule has 98 valence electrons. The van der Waals surface area contributed by atoms with Gasteiger partial charge in [-0.3, -0.25) is 4.79 Å². The molecule has 0 atom stereocenters. The van der Waals surface area contributed by atoms with Gasteiger partial charge in [-0.25, -0.2) is 4.98 Å². The highest BCUT2D eigenvalue weighted by molar-refractivity contribution is 6.42. The number of pyridine rings is 1. The molecule has 1 heterocycles. The van der Waals surface area contributed by atoms with Crippen LogP contribution in [0.5, 0.6) is 0 Å². The summed E-state index contributed by atoms with van der Waals surface area (Å²) in [5, 5.41) is 3.53. The largest absolute Gasteiger partial charge is 0.384 e. The maximum Gasteiger partial charge on any atom is 0.255 e. The van der Waals surface area contributed by atoms with Gasteiger partial charge in [-0.15, -0.1) is 0 Å². The Balaban J connectivity index is 2.22. The molecule has 0 aliphatic carbocycles. The normalized spacial score (nSPS) is 10.3. The molecule has 0 bridgehead atoms. The Morgan fingerprint density at radius 3 is 2.58 bits per heavy atom. The standard InChI is InChI=1S/C13H11Cl2N3O/c1-7-4-8(5-12(16)17-7)13(19)18-9-2-3-10(14)11(15)6-9/h2-6H,1H3,(H2,16,17)(H,18,19). The number of nitrogens with one attached hydrogen (secondary N) is 1. The van der Waals surface area contributed by atoms with Crippen LogP contribution in [-0.2, 0) is 0 Å². The van der Waals surface area contributed by atoms with E-state index in [0.717, 1.165) is 0 Å². The second kappa shape index (κ2) is 5.47. The molecule has 0 saturated carbocycles. The van der Waals surface area contributed by atoms with Crippen LogP contribution < -0.4 is 11.1 Å². The molecule has 0 aliphatic heterocycles. The molecule has 0 spiro atoms. The molecule has 0 aliphatic rings. The molecule has 0 saturated heterocycles. The van der Waals surface area contributed by atoms with Crippen molar-refractivity contribution < 1.29 is 4.79 Å². The number of nitrogens with two attached hydrogens (primary N) is 1. The third kappa shape index (κ3) is 3.36. The predicted octanol–water partition coefficient (Wildman–Crippen LogP) is 3.53. The SMILES string of the molecule is Cc1cc(C(=O)Nc2ccc(Cl)c(Cl)c2)cc(N)n1. The van der Waals surface area contributed by atoms with Crippen LogP contribution in [-0.4, -0.2) is 10.9 Å². The van der Waals surface area contributed by atoms with Crippen molar-refractivity contribution in [2.45, 2.75) is 6.92 Å². The van der Waals surface area contributed by atoms with Crippen LogP contribution in [0.15, 0.2) is 30.3 Å². The fraction of sp³-hybridized carbons (Fsp3) is 0.0769. The van der Waals surface area contributed by atoms with Crippen molar-refractivity contribution in [3.05, 3.63) is 51.6 Å². The summed E-state index contributed by atoms with van der Waals surface area (Å²) >= 11 is 11.7. The van der Waals surface area contributed by atoms with Crippen LogP contribution >= 0.6 is 23.2 Å². The van der Waals surface area contributed by atoms with E-state index in [1.54, 1.807) is 31.2 Å². The first-order valence-electron chi connectivity index (χ1n) is 5.46. The van der Waals surface area contributed by atoms with Gasteiger partial charge >= 0.3 is 0 Å². The number of amides is 1. The van der Waals surface area contributed by atoms with Gasteiger partial charge in [0.05, 0.1) is 10.0 Å². The van der Waals surface area contributed by atoms with Crippen molar-refractivity contribution in [2.75, 3.05) is 11.1 Å². The second-order valence-electron chi connectivity index (χ2n) is 4.01. The van der Waals surface area contributed by atoms with E-state index in [1.807, 2.05) is 0 Å². The molecule has 1 amide bonds. The Hall–Kier alpha value is -1.78. The minimum absolute atomic E-state index is 0.282. The molecule has 0 fully saturated rings. The van der Waals surface area contributed by atoms with E-state index in [9.17, 15) is 4.79 Å². The molecular weight excluding hydrogens is 285 g/mol. The van der Waals surface area contributed by atoms with Crippen LogP contribution in [0.3, 0.4) is 0 Å². The Labute approximate surface area is 120 Å². The summed E-state index contributed by atoms with van der Waals surface area (Å²) in [6.07, 6.45) is 0. The smallest absolute Gasteiger partial charge is 0.255 e. The Bertz CT molecular complexity index is 624. The summed E-state index contributed by atoms with van der Waals surface area (Å²) < 4.78 is 0. The van der Waals surface area contributed by atoms with Gasteiger partial charge in [0.25, 0.3) is 5.91 Å². The first-order valence-corrected chi connectivity index (χ1v) is 6.22. The van der Waals surface area contributed by atoms with E-state index < -0.39 is 0 Å². The number of benzene rings is 1. The topological polar surface area (TPSA) is 68.0 Å². The number of carbonyl (C=O) groups is 1. The molecule has 2 aromatic rings. The van der Waals surface area contributed by atoms with Crippen LogP contribution in [0.2, 0.25) is 10.0 Å². The molecule has 6 heteroatoms. The van der Waals surface area contributed by atoms with Gasteiger partial charge < -0.3 is 11.1 Å². The number of carbonyl (C=O) groups excluding carboxylic acids is 1. The monoisotopic (exact) mass is 295 g/mol. The number of aryl methyl sites for hydroxylation is 1. The van der Waals surface area contributed by atoms with Crippen LogP contribution in [0.4, 0.5) is 11.5 Å². The number of nitrogens with zero attached hydrogens (tertiary/aromatic N) is 1. The third-order valence-electron chi connectivity index (χ3n) is 2.41. The minimum atomic E-state index is -0.282. The first-order chi connectivity index (χ1) is 8.95. The summed E-state index contributed by atoms with van der Waals surface area (Å²) in [6, 6.07) is 8.04. The Morgan fingerprint density at radius 2 is 1.95 bits per heavy atom. The number of rotatable bonds is 2. The van der Waals surface area contributed by atoms with Gasteiger partial charge in [-0.2, -0.15) is 0 Å². The summed E-state index contributed by atoms with van der Waals surface area (Å²) in [4.78, 5) is 16.1. The van der Waals surface area contributed by atoms with Crippen molar-refractivity contribution in [3.63, 3.8) is 0 Å². The lowest BCUT2D eigenvalue weighted by molar-refractivity contribution is 0.102. The highest BCUT2D eigenvalue weighted by Gasteiger charge is 2.09. The fourth-order valence-corrected chi connectivity index (χ4v) is 1.90. The molecule has 4 nitrogen and oxygen atoms in total. The molecule has 0 unspecified atom stereocenters. The van der Waals surface area contributed by atoms with Crippen molar-refractivity contribution >= 4 is 40.6 Å². The van der Waals surface area contributed by atoms with Gasteiger partial charge in [-0.05, 0) is 37.3 Å². The quantitative estimate of drug-likeness (QED) is 0.890. The molecular formula is C13H11Cl2N3O. The van der Waals surface area contributed by atoms with Crippen molar-refractivity contribution in [1.29, 1.82) is 0 Å². The second-order valence-corrected chi connectivity index (χ2v) is 4.82. The molecule has 3 N–H and O–H groups in total. The van der Waals surface area contributed by atoms with E-state index >= 15 is 0 Å². The number of aromatic nitrogens is 1. The van der Waals surface area contributed by atoms with Gasteiger partial charge in [0, 0.05) is 16.9 Å². The Kier molecular flexibility index (Phi) is 3.93. The van der Waals surface area contributed by atoms with E-state index in [0.29, 0.717) is 32.8 Å². The predicted molar refractivity (Wildman–Crippen MR) is 77.8 cm³/mol. The summed E-state index contributed by atoms with van der Waals surface area (Å²) in [6.45, 7) is 1.77. The molecule has 1 aromatic carbocycles. The zero-order valence-corrected chi connectivity index (χ0v) is 11.6. The number of halogens is 2.